The van der Waals surface area contributed by atoms with Crippen LogP contribution in [0.4, 0.5) is 5.82 Å². The average molecular weight is 568 g/mol. The minimum absolute atomic E-state index is 0.281. The second-order valence-corrected chi connectivity index (χ2v) is 9.60. The lowest BCUT2D eigenvalue weighted by atomic mass is 10.1. The van der Waals surface area contributed by atoms with Crippen LogP contribution in [0.1, 0.15) is 32.9 Å². The van der Waals surface area contributed by atoms with E-state index in [1.165, 1.54) is 0 Å². The summed E-state index contributed by atoms with van der Waals surface area (Å²) in [5.41, 5.74) is 4.37. The smallest absolute Gasteiger partial charge is 0.256 e. The van der Waals surface area contributed by atoms with Gasteiger partial charge in [0, 0.05) is 21.8 Å². The number of anilines is 1. The zero-order chi connectivity index (χ0) is 23.7. The number of carbonyl (C=O) groups excluding carboxylic acids is 1. The number of amides is 1. The van der Waals surface area contributed by atoms with Gasteiger partial charge in [-0.1, -0.05) is 53.0 Å². The molecule has 6 nitrogen and oxygen atoms in total. The fourth-order valence-corrected chi connectivity index (χ4v) is 4.28. The Kier molecular flexibility index (Phi) is 7.14. The molecule has 2 aromatic carbocycles. The highest BCUT2D eigenvalue weighted by Crippen LogP contribution is 2.25. The van der Waals surface area contributed by atoms with Crippen LogP contribution in [0.5, 0.6) is 0 Å². The third-order valence-electron chi connectivity index (χ3n) is 5.14. The van der Waals surface area contributed by atoms with Gasteiger partial charge in [0.15, 0.2) is 5.82 Å². The highest BCUT2D eigenvalue weighted by molar-refractivity contribution is 9.10. The summed E-state index contributed by atoms with van der Waals surface area (Å²) >= 11 is 22.0. The number of carbonyl (C=O) groups is 1. The summed E-state index contributed by atoms with van der Waals surface area (Å²) in [7, 11) is 0. The largest absolute Gasteiger partial charge is 0.304 e. The molecule has 0 fully saturated rings. The maximum Gasteiger partial charge on any atom is 0.256 e. The Bertz CT molecular complexity index is 1330. The van der Waals surface area contributed by atoms with Crippen molar-refractivity contribution >= 4 is 62.5 Å². The predicted molar refractivity (Wildman–Crippen MR) is 136 cm³/mol. The molecule has 0 aliphatic carbocycles. The van der Waals surface area contributed by atoms with Crippen molar-refractivity contribution in [3.05, 3.63) is 96.3 Å². The van der Waals surface area contributed by atoms with Gasteiger partial charge in [-0.15, -0.1) is 0 Å². The van der Waals surface area contributed by atoms with E-state index in [-0.39, 0.29) is 11.7 Å². The van der Waals surface area contributed by atoms with Gasteiger partial charge in [-0.3, -0.25) is 14.2 Å². The summed E-state index contributed by atoms with van der Waals surface area (Å²) < 4.78 is 4.55. The Morgan fingerprint density at radius 1 is 1.00 bits per heavy atom. The summed E-state index contributed by atoms with van der Waals surface area (Å²) in [6.07, 6.45) is 1.64. The minimum atomic E-state index is -0.299. The van der Waals surface area contributed by atoms with Gasteiger partial charge in [-0.05, 0) is 65.2 Å². The average Bonchev–Trinajstić information content (AvgIpc) is 3.24. The number of aromatic nitrogens is 4. The van der Waals surface area contributed by atoms with Crippen molar-refractivity contribution in [2.75, 3.05) is 5.32 Å². The summed E-state index contributed by atoms with van der Waals surface area (Å²) in [6, 6.07) is 12.6. The van der Waals surface area contributed by atoms with E-state index in [1.54, 1.807) is 35.1 Å². The number of hydrogen-bond acceptors (Lipinski definition) is 3. The molecule has 0 aliphatic rings. The fourth-order valence-electron chi connectivity index (χ4n) is 3.33. The van der Waals surface area contributed by atoms with Gasteiger partial charge in [-0.2, -0.15) is 10.2 Å². The normalized spacial score (nSPS) is 11.1. The maximum absolute atomic E-state index is 12.7. The van der Waals surface area contributed by atoms with E-state index in [4.69, 9.17) is 34.8 Å². The van der Waals surface area contributed by atoms with Crippen molar-refractivity contribution in [2.24, 2.45) is 0 Å². The standard InChI is InChI=1S/C23H19BrCl3N5O/c1-13-21(24)14(2)32(29-13)10-15-3-5-16(6-4-15)23(33)28-22-20(27)12-31(30-22)11-17-7-8-18(25)9-19(17)26/h3-9,12H,10-11H2,1-2H3,(H,28,30,33). The second-order valence-electron chi connectivity index (χ2n) is 7.55. The Morgan fingerprint density at radius 3 is 2.36 bits per heavy atom. The zero-order valence-corrected chi connectivity index (χ0v) is 21.6. The van der Waals surface area contributed by atoms with Crippen LogP contribution >= 0.6 is 50.7 Å². The van der Waals surface area contributed by atoms with Crippen molar-refractivity contribution in [1.82, 2.24) is 19.6 Å². The van der Waals surface area contributed by atoms with Crippen molar-refractivity contribution in [1.29, 1.82) is 0 Å². The second kappa shape index (κ2) is 9.89. The molecule has 0 aliphatic heterocycles. The Morgan fingerprint density at radius 2 is 1.73 bits per heavy atom. The molecule has 2 aromatic heterocycles. The highest BCUT2D eigenvalue weighted by Gasteiger charge is 2.14. The van der Waals surface area contributed by atoms with E-state index in [2.05, 4.69) is 31.4 Å². The maximum atomic E-state index is 12.7. The van der Waals surface area contributed by atoms with E-state index >= 15 is 0 Å². The van der Waals surface area contributed by atoms with E-state index in [9.17, 15) is 4.79 Å². The lowest BCUT2D eigenvalue weighted by Gasteiger charge is -2.07. The fraction of sp³-hybridized carbons (Fsp3) is 0.174. The van der Waals surface area contributed by atoms with Crippen LogP contribution in [0.3, 0.4) is 0 Å². The Balaban J connectivity index is 1.43. The number of rotatable bonds is 6. The number of nitrogens with one attached hydrogen (secondary N) is 1. The predicted octanol–water partition coefficient (Wildman–Crippen LogP) is 6.77. The topological polar surface area (TPSA) is 64.7 Å². The van der Waals surface area contributed by atoms with Crippen molar-refractivity contribution in [3.8, 4) is 0 Å². The molecule has 0 unspecified atom stereocenters. The lowest BCUT2D eigenvalue weighted by molar-refractivity contribution is 0.102. The van der Waals surface area contributed by atoms with E-state index in [0.717, 1.165) is 27.0 Å². The molecule has 1 N–H and O–H groups in total. The molecule has 1 amide bonds. The molecule has 4 aromatic rings. The number of halogens is 4. The van der Waals surface area contributed by atoms with Crippen LogP contribution < -0.4 is 5.32 Å². The number of nitrogens with zero attached hydrogens (tertiary/aromatic N) is 4. The molecule has 0 atom stereocenters. The van der Waals surface area contributed by atoms with Gasteiger partial charge in [0.2, 0.25) is 0 Å². The molecular formula is C23H19BrCl3N5O. The van der Waals surface area contributed by atoms with Crippen LogP contribution in [-0.4, -0.2) is 25.5 Å². The van der Waals surface area contributed by atoms with Crippen LogP contribution in [0, 0.1) is 13.8 Å². The molecule has 4 rings (SSSR count). The first kappa shape index (κ1) is 23.8. The molecule has 0 saturated carbocycles. The molecule has 33 heavy (non-hydrogen) atoms. The summed E-state index contributed by atoms with van der Waals surface area (Å²) in [4.78, 5) is 12.7. The highest BCUT2D eigenvalue weighted by atomic mass is 79.9. The van der Waals surface area contributed by atoms with Gasteiger partial charge in [0.25, 0.3) is 5.91 Å². The summed E-state index contributed by atoms with van der Waals surface area (Å²) in [6.45, 7) is 4.97. The molecule has 0 bridgehead atoms. The first-order valence-electron chi connectivity index (χ1n) is 9.98. The first-order chi connectivity index (χ1) is 15.7. The SMILES string of the molecule is Cc1nn(Cc2ccc(C(=O)Nc3nn(Cc4ccc(Cl)cc4Cl)cc3Cl)cc2)c(C)c1Br. The van der Waals surface area contributed by atoms with Crippen LogP contribution in [0.2, 0.25) is 15.1 Å². The lowest BCUT2D eigenvalue weighted by Crippen LogP contribution is -2.13. The van der Waals surface area contributed by atoms with Crippen LogP contribution in [-0.2, 0) is 13.1 Å². The van der Waals surface area contributed by atoms with Crippen LogP contribution in [0.15, 0.2) is 53.1 Å². The summed E-state index contributed by atoms with van der Waals surface area (Å²) in [5, 5.41) is 13.1. The molecule has 170 valence electrons. The Labute approximate surface area is 214 Å². The zero-order valence-electron chi connectivity index (χ0n) is 17.7. The van der Waals surface area contributed by atoms with E-state index in [1.807, 2.05) is 36.7 Å². The van der Waals surface area contributed by atoms with Gasteiger partial charge in [0.1, 0.15) is 5.02 Å². The molecule has 0 radical (unpaired) electrons. The van der Waals surface area contributed by atoms with Gasteiger partial charge >= 0.3 is 0 Å². The molecule has 2 heterocycles. The quantitative estimate of drug-likeness (QED) is 0.280. The number of benzene rings is 2. The van der Waals surface area contributed by atoms with Crippen molar-refractivity contribution < 1.29 is 4.79 Å². The first-order valence-corrected chi connectivity index (χ1v) is 11.9. The Hall–Kier alpha value is -2.32. The number of hydrogen-bond donors (Lipinski definition) is 1. The minimum Gasteiger partial charge on any atom is -0.304 e. The van der Waals surface area contributed by atoms with Crippen molar-refractivity contribution in [2.45, 2.75) is 26.9 Å². The third kappa shape index (κ3) is 5.44. The van der Waals surface area contributed by atoms with Gasteiger partial charge in [-0.25, -0.2) is 0 Å². The van der Waals surface area contributed by atoms with Gasteiger partial charge < -0.3 is 5.32 Å². The van der Waals surface area contributed by atoms with Crippen molar-refractivity contribution in [3.63, 3.8) is 0 Å². The molecule has 0 spiro atoms. The molecule has 0 saturated heterocycles. The number of aryl methyl sites for hydroxylation is 1. The third-order valence-corrected chi connectivity index (χ3v) is 7.15. The van der Waals surface area contributed by atoms with E-state index < -0.39 is 0 Å². The van der Waals surface area contributed by atoms with Crippen LogP contribution in [0.25, 0.3) is 0 Å². The van der Waals surface area contributed by atoms with Gasteiger partial charge in [0.05, 0.1) is 29.0 Å². The van der Waals surface area contributed by atoms with E-state index in [0.29, 0.717) is 33.7 Å². The monoisotopic (exact) mass is 565 g/mol. The summed E-state index contributed by atoms with van der Waals surface area (Å²) in [5.74, 6) is -0.0181. The molecular weight excluding hydrogens is 549 g/mol. The molecule has 10 heteroatoms.